The number of pyridine rings is 1. The Labute approximate surface area is 156 Å². The minimum absolute atomic E-state index is 0.355. The fraction of sp³-hybridized carbons (Fsp3) is 0.350. The predicted molar refractivity (Wildman–Crippen MR) is 105 cm³/mol. The summed E-state index contributed by atoms with van der Waals surface area (Å²) in [6, 6.07) is 13.4. The summed E-state index contributed by atoms with van der Waals surface area (Å²) in [7, 11) is 1.67. The number of benzene rings is 1. The van der Waals surface area contributed by atoms with Crippen LogP contribution in [0.2, 0.25) is 0 Å². The maximum Gasteiger partial charge on any atom is 0.298 e. The highest BCUT2D eigenvalue weighted by Crippen LogP contribution is 2.35. The molecule has 27 heavy (non-hydrogen) atoms. The van der Waals surface area contributed by atoms with Gasteiger partial charge in [0.15, 0.2) is 5.65 Å². The molecule has 3 heterocycles. The average molecular weight is 362 g/mol. The Morgan fingerprint density at radius 3 is 2.67 bits per heavy atom. The molecular formula is C20H22N6O. The topological polar surface area (TPSA) is 80.7 Å². The molecule has 0 bridgehead atoms. The first-order valence-corrected chi connectivity index (χ1v) is 9.40. The van der Waals surface area contributed by atoms with Gasteiger partial charge in [0.2, 0.25) is 5.95 Å². The number of hydrogen-bond acceptors (Lipinski definition) is 5. The molecule has 0 unspecified atom stereocenters. The maximum absolute atomic E-state index is 5.52. The molecule has 0 saturated heterocycles. The number of H-pyrrole nitrogens is 1. The molecule has 0 radical (unpaired) electrons. The molecule has 4 aromatic rings. The lowest BCUT2D eigenvalue weighted by Gasteiger charge is -2.30. The summed E-state index contributed by atoms with van der Waals surface area (Å²) in [5.74, 6) is 0.854. The molecule has 1 aliphatic carbocycles. The van der Waals surface area contributed by atoms with Gasteiger partial charge in [0.25, 0.3) is 6.01 Å². The van der Waals surface area contributed by atoms with E-state index in [2.05, 4.69) is 29.8 Å². The van der Waals surface area contributed by atoms with Crippen LogP contribution in [0.25, 0.3) is 22.2 Å². The third-order valence-electron chi connectivity index (χ3n) is 5.39. The predicted octanol–water partition coefficient (Wildman–Crippen LogP) is 3.91. The average Bonchev–Trinajstić information content (AvgIpc) is 3.29. The summed E-state index contributed by atoms with van der Waals surface area (Å²) < 4.78 is 7.68. The highest BCUT2D eigenvalue weighted by molar-refractivity contribution is 5.77. The number of aromatic amines is 1. The van der Waals surface area contributed by atoms with Gasteiger partial charge in [-0.1, -0.05) is 12.1 Å². The number of rotatable bonds is 4. The zero-order valence-corrected chi connectivity index (χ0v) is 15.2. The molecule has 1 aliphatic rings. The summed E-state index contributed by atoms with van der Waals surface area (Å²) in [4.78, 5) is 17.1. The molecule has 7 nitrogen and oxygen atoms in total. The van der Waals surface area contributed by atoms with E-state index < -0.39 is 0 Å². The van der Waals surface area contributed by atoms with Gasteiger partial charge in [-0.2, -0.15) is 4.98 Å². The summed E-state index contributed by atoms with van der Waals surface area (Å²) in [6.07, 6.45) is 6.05. The van der Waals surface area contributed by atoms with Crippen molar-refractivity contribution in [3.05, 3.63) is 42.6 Å². The normalized spacial score (nSPS) is 20.2. The van der Waals surface area contributed by atoms with Crippen LogP contribution >= 0.6 is 0 Å². The van der Waals surface area contributed by atoms with E-state index in [9.17, 15) is 0 Å². The molecule has 1 fully saturated rings. The molecule has 0 aliphatic heterocycles. The summed E-state index contributed by atoms with van der Waals surface area (Å²) >= 11 is 0. The van der Waals surface area contributed by atoms with Gasteiger partial charge in [-0.25, -0.2) is 9.97 Å². The van der Waals surface area contributed by atoms with E-state index >= 15 is 0 Å². The molecule has 0 atom stereocenters. The van der Waals surface area contributed by atoms with Gasteiger partial charge in [-0.15, -0.1) is 0 Å². The van der Waals surface area contributed by atoms with E-state index in [1.54, 1.807) is 7.11 Å². The van der Waals surface area contributed by atoms with Crippen LogP contribution < -0.4 is 10.1 Å². The van der Waals surface area contributed by atoms with Crippen LogP contribution in [-0.4, -0.2) is 37.7 Å². The molecule has 7 heteroatoms. The number of imidazole rings is 2. The number of aromatic nitrogens is 5. The lowest BCUT2D eigenvalue weighted by atomic mass is 9.91. The van der Waals surface area contributed by atoms with Crippen molar-refractivity contribution in [1.82, 2.24) is 24.5 Å². The van der Waals surface area contributed by atoms with Crippen LogP contribution in [0, 0.1) is 0 Å². The van der Waals surface area contributed by atoms with Gasteiger partial charge in [0.05, 0.1) is 18.1 Å². The second kappa shape index (κ2) is 6.57. The number of hydrogen-bond donors (Lipinski definition) is 2. The Morgan fingerprint density at radius 2 is 1.85 bits per heavy atom. The van der Waals surface area contributed by atoms with Gasteiger partial charge < -0.3 is 15.0 Å². The van der Waals surface area contributed by atoms with Crippen LogP contribution in [0.3, 0.4) is 0 Å². The maximum atomic E-state index is 5.52. The number of ether oxygens (including phenoxy) is 1. The SMILES string of the molecule is COc1nc2cccnc2n1C1CCC(Nc2nc3ccccc3[nH]2)CC1. The summed E-state index contributed by atoms with van der Waals surface area (Å²) in [5.41, 5.74) is 3.85. The van der Waals surface area contributed by atoms with Crippen LogP contribution in [0.1, 0.15) is 31.7 Å². The van der Waals surface area contributed by atoms with Gasteiger partial charge in [0, 0.05) is 18.3 Å². The fourth-order valence-electron chi connectivity index (χ4n) is 4.07. The van der Waals surface area contributed by atoms with Crippen molar-refractivity contribution in [2.24, 2.45) is 0 Å². The van der Waals surface area contributed by atoms with Crippen molar-refractivity contribution >= 4 is 28.1 Å². The van der Waals surface area contributed by atoms with Crippen molar-refractivity contribution in [1.29, 1.82) is 0 Å². The Hall–Kier alpha value is -3.09. The van der Waals surface area contributed by atoms with Crippen LogP contribution in [0.4, 0.5) is 5.95 Å². The van der Waals surface area contributed by atoms with Crippen molar-refractivity contribution in [3.8, 4) is 6.01 Å². The number of fused-ring (bicyclic) bond motifs is 2. The van der Waals surface area contributed by atoms with Crippen LogP contribution in [0.5, 0.6) is 6.01 Å². The van der Waals surface area contributed by atoms with E-state index in [1.165, 1.54) is 0 Å². The number of anilines is 1. The Bertz CT molecular complexity index is 1040. The minimum Gasteiger partial charge on any atom is -0.468 e. The van der Waals surface area contributed by atoms with Crippen molar-refractivity contribution in [3.63, 3.8) is 0 Å². The number of methoxy groups -OCH3 is 1. The highest BCUT2D eigenvalue weighted by Gasteiger charge is 2.27. The van der Waals surface area contributed by atoms with Gasteiger partial charge >= 0.3 is 0 Å². The minimum atomic E-state index is 0.355. The summed E-state index contributed by atoms with van der Waals surface area (Å²) in [5, 5.41) is 3.56. The second-order valence-electron chi connectivity index (χ2n) is 7.07. The standard InChI is InChI=1S/C20H22N6O/c1-27-20-25-17-7-4-12-21-18(17)26(20)14-10-8-13(9-11-14)22-19-23-15-5-2-3-6-16(15)24-19/h2-7,12-14H,8-11H2,1H3,(H2,22,23,24). The Morgan fingerprint density at radius 1 is 1.04 bits per heavy atom. The first-order chi connectivity index (χ1) is 13.3. The molecule has 0 amide bonds. The van der Waals surface area contributed by atoms with Gasteiger partial charge in [0.1, 0.15) is 5.52 Å². The number of nitrogens with one attached hydrogen (secondary N) is 2. The largest absolute Gasteiger partial charge is 0.468 e. The zero-order chi connectivity index (χ0) is 18.2. The quantitative estimate of drug-likeness (QED) is 0.575. The first kappa shape index (κ1) is 16.1. The molecule has 5 rings (SSSR count). The van der Waals surface area contributed by atoms with E-state index in [4.69, 9.17) is 4.74 Å². The second-order valence-corrected chi connectivity index (χ2v) is 7.07. The highest BCUT2D eigenvalue weighted by atomic mass is 16.5. The number of para-hydroxylation sites is 2. The zero-order valence-electron chi connectivity index (χ0n) is 15.2. The molecular weight excluding hydrogens is 340 g/mol. The van der Waals surface area contributed by atoms with Gasteiger partial charge in [-0.05, 0) is 49.9 Å². The first-order valence-electron chi connectivity index (χ1n) is 9.40. The third kappa shape index (κ3) is 2.89. The Balaban J connectivity index is 1.31. The van der Waals surface area contributed by atoms with Gasteiger partial charge in [-0.3, -0.25) is 4.57 Å². The lowest BCUT2D eigenvalue weighted by Crippen LogP contribution is -2.28. The monoisotopic (exact) mass is 362 g/mol. The van der Waals surface area contributed by atoms with Crippen molar-refractivity contribution < 1.29 is 4.74 Å². The fourth-order valence-corrected chi connectivity index (χ4v) is 4.07. The van der Waals surface area contributed by atoms with E-state index in [0.717, 1.165) is 53.8 Å². The van der Waals surface area contributed by atoms with Crippen molar-refractivity contribution in [2.75, 3.05) is 12.4 Å². The number of nitrogens with zero attached hydrogens (tertiary/aromatic N) is 4. The van der Waals surface area contributed by atoms with E-state index in [-0.39, 0.29) is 0 Å². The lowest BCUT2D eigenvalue weighted by molar-refractivity contribution is 0.290. The van der Waals surface area contributed by atoms with Crippen LogP contribution in [-0.2, 0) is 0 Å². The van der Waals surface area contributed by atoms with Crippen molar-refractivity contribution in [2.45, 2.75) is 37.8 Å². The molecule has 0 spiro atoms. The molecule has 2 N–H and O–H groups in total. The van der Waals surface area contributed by atoms with Crippen LogP contribution in [0.15, 0.2) is 42.6 Å². The molecule has 1 aromatic carbocycles. The Kier molecular flexibility index (Phi) is 3.92. The molecule has 138 valence electrons. The molecule has 1 saturated carbocycles. The third-order valence-corrected chi connectivity index (χ3v) is 5.39. The van der Waals surface area contributed by atoms with E-state index in [1.807, 2.05) is 42.6 Å². The molecule has 3 aromatic heterocycles. The van der Waals surface area contributed by atoms with E-state index in [0.29, 0.717) is 18.1 Å². The smallest absolute Gasteiger partial charge is 0.298 e. The summed E-state index contributed by atoms with van der Waals surface area (Å²) in [6.45, 7) is 0.